The number of piperidine rings is 1. The number of aryl methyl sites for hydroxylation is 1. The van der Waals surface area contributed by atoms with Gasteiger partial charge in [-0.2, -0.15) is 0 Å². The molecule has 1 saturated heterocycles. The van der Waals surface area contributed by atoms with Gasteiger partial charge in [0.15, 0.2) is 0 Å². The molecule has 1 unspecified atom stereocenters. The highest BCUT2D eigenvalue weighted by molar-refractivity contribution is 7.96. The number of thiophene rings is 1. The van der Waals surface area contributed by atoms with E-state index in [2.05, 4.69) is 14.9 Å². The van der Waals surface area contributed by atoms with Crippen LogP contribution in [0.3, 0.4) is 0 Å². The van der Waals surface area contributed by atoms with Crippen molar-refractivity contribution in [1.29, 1.82) is 0 Å². The van der Waals surface area contributed by atoms with Crippen LogP contribution in [0.25, 0.3) is 0 Å². The van der Waals surface area contributed by atoms with E-state index in [1.807, 2.05) is 6.26 Å². The molecule has 1 atom stereocenters. The molecule has 0 spiro atoms. The highest BCUT2D eigenvalue weighted by atomic mass is 35.5. The zero-order valence-corrected chi connectivity index (χ0v) is 18.7. The monoisotopic (exact) mass is 449 g/mol. The lowest BCUT2D eigenvalue weighted by Gasteiger charge is -2.29. The predicted octanol–water partition coefficient (Wildman–Crippen LogP) is 5.07. The Kier molecular flexibility index (Phi) is 6.49. The van der Waals surface area contributed by atoms with Crippen molar-refractivity contribution in [3.63, 3.8) is 0 Å². The number of anilines is 2. The van der Waals surface area contributed by atoms with E-state index in [0.29, 0.717) is 21.3 Å². The van der Waals surface area contributed by atoms with Gasteiger partial charge in [-0.05, 0) is 68.2 Å². The standard InChI is InChI=1S/C21H24ClN3O2S2/c1-28-25-11-3-4-13(12-25)19(26)24-21-18(16-5-2-6-17(16)29-21)20(27)23-15-9-7-14(22)8-10-15/h7-10,13H,2-6,11-12H2,1H3,(H,23,27)(H,24,26). The summed E-state index contributed by atoms with van der Waals surface area (Å²) in [6, 6.07) is 7.06. The maximum Gasteiger partial charge on any atom is 0.258 e. The van der Waals surface area contributed by atoms with Crippen molar-refractivity contribution in [2.75, 3.05) is 30.0 Å². The number of hydrogen-bond donors (Lipinski definition) is 2. The molecule has 29 heavy (non-hydrogen) atoms. The van der Waals surface area contributed by atoms with Crippen LogP contribution in [0.4, 0.5) is 10.7 Å². The molecule has 0 saturated carbocycles. The van der Waals surface area contributed by atoms with Crippen LogP contribution in [0.1, 0.15) is 40.1 Å². The maximum atomic E-state index is 13.1. The first kappa shape index (κ1) is 20.7. The fraction of sp³-hybridized carbons (Fsp3) is 0.429. The van der Waals surface area contributed by atoms with Crippen molar-refractivity contribution in [2.24, 2.45) is 5.92 Å². The van der Waals surface area contributed by atoms with E-state index in [9.17, 15) is 9.59 Å². The van der Waals surface area contributed by atoms with Gasteiger partial charge in [-0.1, -0.05) is 23.5 Å². The van der Waals surface area contributed by atoms with Crippen LogP contribution in [-0.4, -0.2) is 35.5 Å². The van der Waals surface area contributed by atoms with Crippen LogP contribution in [0.5, 0.6) is 0 Å². The summed E-state index contributed by atoms with van der Waals surface area (Å²) >= 11 is 9.18. The smallest absolute Gasteiger partial charge is 0.258 e. The molecule has 154 valence electrons. The number of carbonyl (C=O) groups is 2. The first-order chi connectivity index (χ1) is 14.0. The Balaban J connectivity index is 1.54. The normalized spacial score (nSPS) is 19.0. The van der Waals surface area contributed by atoms with Gasteiger partial charge in [-0.15, -0.1) is 11.3 Å². The summed E-state index contributed by atoms with van der Waals surface area (Å²) in [5.41, 5.74) is 2.41. The molecule has 0 radical (unpaired) electrons. The quantitative estimate of drug-likeness (QED) is 0.625. The third-order valence-corrected chi connectivity index (χ3v) is 7.81. The van der Waals surface area contributed by atoms with Crippen LogP contribution in [0.15, 0.2) is 24.3 Å². The lowest BCUT2D eigenvalue weighted by molar-refractivity contribution is -0.120. The number of nitrogens with zero attached hydrogens (tertiary/aromatic N) is 1. The van der Waals surface area contributed by atoms with Gasteiger partial charge in [-0.3, -0.25) is 13.9 Å². The number of carbonyl (C=O) groups excluding carboxylic acids is 2. The predicted molar refractivity (Wildman–Crippen MR) is 122 cm³/mol. The molecule has 1 aromatic carbocycles. The van der Waals surface area contributed by atoms with E-state index in [1.165, 1.54) is 4.88 Å². The molecule has 8 heteroatoms. The van der Waals surface area contributed by atoms with Crippen LogP contribution in [-0.2, 0) is 17.6 Å². The third-order valence-electron chi connectivity index (χ3n) is 5.50. The zero-order chi connectivity index (χ0) is 20.4. The van der Waals surface area contributed by atoms with Crippen LogP contribution in [0, 0.1) is 5.92 Å². The number of nitrogens with one attached hydrogen (secondary N) is 2. The topological polar surface area (TPSA) is 61.4 Å². The summed E-state index contributed by atoms with van der Waals surface area (Å²) in [6.07, 6.45) is 6.87. The SMILES string of the molecule is CSN1CCCC(C(=O)Nc2sc3c(c2C(=O)Nc2ccc(Cl)cc2)CCC3)C1. The van der Waals surface area contributed by atoms with Crippen molar-refractivity contribution in [1.82, 2.24) is 4.31 Å². The highest BCUT2D eigenvalue weighted by Crippen LogP contribution is 2.40. The molecule has 0 bridgehead atoms. The molecule has 2 aromatic rings. The van der Waals surface area contributed by atoms with E-state index in [-0.39, 0.29) is 17.7 Å². The number of hydrogen-bond acceptors (Lipinski definition) is 5. The van der Waals surface area contributed by atoms with Crippen LogP contribution in [0.2, 0.25) is 5.02 Å². The summed E-state index contributed by atoms with van der Waals surface area (Å²) < 4.78 is 2.23. The van der Waals surface area contributed by atoms with E-state index in [1.54, 1.807) is 47.6 Å². The third kappa shape index (κ3) is 4.63. The maximum absolute atomic E-state index is 13.1. The molecule has 1 aromatic heterocycles. The van der Waals surface area contributed by atoms with Crippen LogP contribution < -0.4 is 10.6 Å². The fourth-order valence-electron chi connectivity index (χ4n) is 4.00. The van der Waals surface area contributed by atoms with E-state index >= 15 is 0 Å². The van der Waals surface area contributed by atoms with Gasteiger partial charge in [0.2, 0.25) is 5.91 Å². The summed E-state index contributed by atoms with van der Waals surface area (Å²) in [6.45, 7) is 1.78. The summed E-state index contributed by atoms with van der Waals surface area (Å²) in [5.74, 6) is -0.194. The number of fused-ring (bicyclic) bond motifs is 1. The molecule has 1 aliphatic heterocycles. The minimum Gasteiger partial charge on any atom is -0.322 e. The number of benzene rings is 1. The molecule has 2 heterocycles. The molecule has 4 rings (SSSR count). The largest absolute Gasteiger partial charge is 0.322 e. The average molecular weight is 450 g/mol. The van der Waals surface area contributed by atoms with Gasteiger partial charge in [0.05, 0.1) is 11.5 Å². The number of halogens is 1. The van der Waals surface area contributed by atoms with Crippen LogP contribution >= 0.6 is 34.9 Å². The van der Waals surface area contributed by atoms with E-state index in [4.69, 9.17) is 11.6 Å². The molecular weight excluding hydrogens is 426 g/mol. The average Bonchev–Trinajstić information content (AvgIpc) is 3.30. The molecular formula is C21H24ClN3O2S2. The number of rotatable bonds is 5. The Bertz CT molecular complexity index is 913. The minimum absolute atomic E-state index is 0.0178. The molecule has 1 fully saturated rings. The van der Waals surface area contributed by atoms with Crippen molar-refractivity contribution in [3.8, 4) is 0 Å². The lowest BCUT2D eigenvalue weighted by atomic mass is 9.99. The molecule has 1 aliphatic carbocycles. The van der Waals surface area contributed by atoms with E-state index in [0.717, 1.165) is 50.8 Å². The fourth-order valence-corrected chi connectivity index (χ4v) is 6.05. The Morgan fingerprint density at radius 2 is 1.97 bits per heavy atom. The van der Waals surface area contributed by atoms with Crippen molar-refractivity contribution in [3.05, 3.63) is 45.3 Å². The second-order valence-electron chi connectivity index (χ2n) is 7.42. The van der Waals surface area contributed by atoms with Crippen molar-refractivity contribution < 1.29 is 9.59 Å². The first-order valence-corrected chi connectivity index (χ1v) is 12.2. The summed E-state index contributed by atoms with van der Waals surface area (Å²) in [4.78, 5) is 27.3. The molecule has 5 nitrogen and oxygen atoms in total. The Labute approximate surface area is 184 Å². The molecule has 2 N–H and O–H groups in total. The van der Waals surface area contributed by atoms with Crippen molar-refractivity contribution in [2.45, 2.75) is 32.1 Å². The van der Waals surface area contributed by atoms with E-state index < -0.39 is 0 Å². The van der Waals surface area contributed by atoms with Gasteiger partial charge >= 0.3 is 0 Å². The second-order valence-corrected chi connectivity index (χ2v) is 9.84. The lowest BCUT2D eigenvalue weighted by Crippen LogP contribution is -2.37. The Morgan fingerprint density at radius 3 is 2.72 bits per heavy atom. The highest BCUT2D eigenvalue weighted by Gasteiger charge is 2.30. The van der Waals surface area contributed by atoms with Crippen molar-refractivity contribution >= 4 is 57.4 Å². The minimum atomic E-state index is -0.170. The van der Waals surface area contributed by atoms with Gasteiger partial charge in [-0.25, -0.2) is 0 Å². The summed E-state index contributed by atoms with van der Waals surface area (Å²) in [5, 5.41) is 7.36. The van der Waals surface area contributed by atoms with Gasteiger partial charge in [0.1, 0.15) is 5.00 Å². The number of amides is 2. The molecule has 2 amide bonds. The van der Waals surface area contributed by atoms with Gasteiger partial charge < -0.3 is 10.6 Å². The summed E-state index contributed by atoms with van der Waals surface area (Å²) in [7, 11) is 0. The molecule has 2 aliphatic rings. The van der Waals surface area contributed by atoms with Gasteiger partial charge in [0.25, 0.3) is 5.91 Å². The Hall–Kier alpha value is -1.54. The first-order valence-electron chi connectivity index (χ1n) is 9.86. The Morgan fingerprint density at radius 1 is 1.17 bits per heavy atom. The second kappa shape index (κ2) is 9.08. The van der Waals surface area contributed by atoms with Gasteiger partial charge in [0, 0.05) is 28.7 Å². The zero-order valence-electron chi connectivity index (χ0n) is 16.3.